The summed E-state index contributed by atoms with van der Waals surface area (Å²) in [6.07, 6.45) is 24.8. The van der Waals surface area contributed by atoms with Gasteiger partial charge in [0.05, 0.1) is 0 Å². The number of hydrogen-bond acceptors (Lipinski definition) is 0. The molecule has 5 heteroatoms. The Labute approximate surface area is 795 Å². The molecule has 0 spiro atoms. The summed E-state index contributed by atoms with van der Waals surface area (Å²) in [5, 5.41) is 0. The van der Waals surface area contributed by atoms with Crippen LogP contribution in [0.3, 0.4) is 0 Å². The van der Waals surface area contributed by atoms with Crippen LogP contribution in [0.15, 0.2) is 274 Å². The fourth-order valence-electron chi connectivity index (χ4n) is 20.5. The topological polar surface area (TPSA) is 19.4 Å². The van der Waals surface area contributed by atoms with E-state index >= 15 is 0 Å². The van der Waals surface area contributed by atoms with Gasteiger partial charge in [-0.3, -0.25) is 0 Å². The predicted octanol–water partition coefficient (Wildman–Crippen LogP) is 31.1. The standard InChI is InChI=1S/2C26H30N.C26H32N.C25H30N.C24H28N/c1-18-9-5-8-12-23(18)22-14-13-19(2)24(16-22)26-15-20(3)25(17-27(26)4)21-10-6-7-11-21;1-18-14-19(2)24(16-23(18)21-10-6-5-7-11-21)26-15-20(3)25(17-27(26)4)22-12-8-9-13-22;1-18-10-8-9-11-23(18)21-13-12-19(2)24(15-21)25-14-20(3)22(17-27(25)7)16-26(4,5)6;1-17(2)13-22-16-26(6)25(14-20(22)5)24-15-21(12-11-19(24)4)23-10-8-7-9-18(23)3;1-16(2)23-15-25(6)24(13-19(23)5)22-14-20(12-11-18(22)4)21-10-8-7-9-17(21)3/h5,8-9,12-17,21H,6-7,10-11H2,1-4H3;5-7,10-11,14-17,22H,8-9,12-13H2,1-4H3;8-15,17H,16H2,1-7H3;7-12,14-17H,13H2,1-6H3;7-16H,1-6H3/q5*+1. The number of nitrogens with zero attached hydrogens (tertiary/aromatic N) is 5. The molecular formula is C127H150N5+5. The van der Waals surface area contributed by atoms with Crippen LogP contribution in [0, 0.1) is 115 Å². The van der Waals surface area contributed by atoms with E-state index in [1.165, 1.54) is 263 Å². The summed E-state index contributed by atoms with van der Waals surface area (Å²) < 4.78 is 11.5. The smallest absolute Gasteiger partial charge is 0.201 e. The van der Waals surface area contributed by atoms with Crippen LogP contribution in [0.1, 0.15) is 229 Å². The van der Waals surface area contributed by atoms with Gasteiger partial charge >= 0.3 is 0 Å². The molecule has 0 aliphatic heterocycles. The molecule has 2 aliphatic rings. The molecule has 0 saturated heterocycles. The fraction of sp³-hybridized carbons (Fsp3) is 0.331. The quantitative estimate of drug-likeness (QED) is 0.0859. The van der Waals surface area contributed by atoms with Gasteiger partial charge in [0.2, 0.25) is 28.5 Å². The minimum atomic E-state index is 0.292. The van der Waals surface area contributed by atoms with Gasteiger partial charge in [-0.15, -0.1) is 0 Å². The Bertz CT molecular complexity index is 6620. The lowest BCUT2D eigenvalue weighted by Gasteiger charge is -2.19. The molecule has 17 rings (SSSR count). The van der Waals surface area contributed by atoms with Crippen molar-refractivity contribution in [3.05, 3.63) is 385 Å². The molecule has 10 aromatic carbocycles. The maximum atomic E-state index is 2.40. The van der Waals surface area contributed by atoms with E-state index in [0.717, 1.165) is 24.7 Å². The van der Waals surface area contributed by atoms with Gasteiger partial charge in [-0.2, -0.15) is 0 Å². The maximum Gasteiger partial charge on any atom is 0.212 e. The molecule has 132 heavy (non-hydrogen) atoms. The first-order valence-electron chi connectivity index (χ1n) is 48.8. The molecular weight excluding hydrogens is 1600 g/mol. The van der Waals surface area contributed by atoms with Crippen LogP contribution in [-0.4, -0.2) is 0 Å². The first-order chi connectivity index (χ1) is 63.0. The van der Waals surface area contributed by atoms with E-state index in [0.29, 0.717) is 17.3 Å². The molecule has 5 heterocycles. The average molecular weight is 1750 g/mol. The second-order valence-corrected chi connectivity index (χ2v) is 40.9. The highest BCUT2D eigenvalue weighted by molar-refractivity contribution is 5.80. The summed E-state index contributed by atoms with van der Waals surface area (Å²) in [6.45, 7) is 49.3. The lowest BCUT2D eigenvalue weighted by molar-refractivity contribution is -0.661. The Morgan fingerprint density at radius 3 is 0.879 bits per heavy atom. The molecule has 0 bridgehead atoms. The zero-order valence-electron chi connectivity index (χ0n) is 85.1. The zero-order chi connectivity index (χ0) is 94.7. The van der Waals surface area contributed by atoms with Crippen LogP contribution in [0.2, 0.25) is 0 Å². The lowest BCUT2D eigenvalue weighted by atomic mass is 9.86. The van der Waals surface area contributed by atoms with E-state index in [9.17, 15) is 0 Å². The molecule has 0 N–H and O–H groups in total. The number of hydrogen-bond donors (Lipinski definition) is 0. The van der Waals surface area contributed by atoms with Crippen molar-refractivity contribution in [1.29, 1.82) is 0 Å². The Kier molecular flexibility index (Phi) is 31.8. The number of benzene rings is 10. The highest BCUT2D eigenvalue weighted by Crippen LogP contribution is 2.42. The molecule has 15 aromatic rings. The number of pyridine rings is 5. The molecule has 2 saturated carbocycles. The number of aryl methyl sites for hydroxylation is 20. The van der Waals surface area contributed by atoms with Gasteiger partial charge in [0.25, 0.3) is 0 Å². The second kappa shape index (κ2) is 43.1. The zero-order valence-corrected chi connectivity index (χ0v) is 85.1. The summed E-state index contributed by atoms with van der Waals surface area (Å²) in [5.41, 5.74) is 53.9. The maximum absolute atomic E-state index is 2.40. The molecule has 5 nitrogen and oxygen atoms in total. The average Bonchev–Trinajstić information content (AvgIpc) is 1.74. The lowest BCUT2D eigenvalue weighted by Crippen LogP contribution is -2.32. The molecule has 2 fully saturated rings. The molecule has 0 radical (unpaired) electrons. The summed E-state index contributed by atoms with van der Waals surface area (Å²) in [5.74, 6) is 2.72. The molecule has 2 aliphatic carbocycles. The first-order valence-corrected chi connectivity index (χ1v) is 48.8. The normalized spacial score (nSPS) is 12.7. The van der Waals surface area contributed by atoms with Crippen molar-refractivity contribution >= 4 is 0 Å². The molecule has 0 unspecified atom stereocenters. The molecule has 0 atom stereocenters. The van der Waals surface area contributed by atoms with Crippen LogP contribution in [0.4, 0.5) is 0 Å². The van der Waals surface area contributed by atoms with Gasteiger partial charge < -0.3 is 0 Å². The van der Waals surface area contributed by atoms with Crippen LogP contribution in [0.5, 0.6) is 0 Å². The van der Waals surface area contributed by atoms with Crippen LogP contribution < -0.4 is 22.8 Å². The summed E-state index contributed by atoms with van der Waals surface area (Å²) in [4.78, 5) is 0. The fourth-order valence-corrected chi connectivity index (χ4v) is 20.5. The molecule has 0 amide bonds. The predicted molar refractivity (Wildman–Crippen MR) is 562 cm³/mol. The van der Waals surface area contributed by atoms with Gasteiger partial charge in [0.1, 0.15) is 35.2 Å². The van der Waals surface area contributed by atoms with E-state index < -0.39 is 0 Å². The summed E-state index contributed by atoms with van der Waals surface area (Å²) in [7, 11) is 10.9. The first kappa shape index (κ1) is 97.5. The number of rotatable bonds is 16. The van der Waals surface area contributed by atoms with Crippen molar-refractivity contribution in [2.24, 2.45) is 46.6 Å². The minimum Gasteiger partial charge on any atom is -0.201 e. The van der Waals surface area contributed by atoms with Gasteiger partial charge in [0, 0.05) is 86.0 Å². The van der Waals surface area contributed by atoms with Gasteiger partial charge in [-0.25, -0.2) is 22.8 Å². The van der Waals surface area contributed by atoms with Crippen molar-refractivity contribution in [2.45, 2.75) is 234 Å². The number of aromatic nitrogens is 5. The Balaban J connectivity index is 0.000000140. The Morgan fingerprint density at radius 2 is 0.538 bits per heavy atom. The SMILES string of the molecule is Cc1cc(-c2cc(-c3ccccc3C)ccc2C)[n+](C)cc1CC(C)(C)C.Cc1cc(-c2cc(-c3ccccc3C)ccc2C)[n+](C)cc1CC(C)C.Cc1cc(C)c(-c2cc(C)c(C3CCCC3)c[n+]2C)cc1-c1ccccc1.Cc1ccccc1-c1ccc(C)c(-c2cc(C)c(C(C)C)c[n+]2C)c1.Cc1ccccc1-c1ccc(C)c(-c2cc(C)c(C3CCCC3)c[n+]2C)c1. The van der Waals surface area contributed by atoms with E-state index in [2.05, 4.69) is 484 Å². The Morgan fingerprint density at radius 1 is 0.250 bits per heavy atom. The van der Waals surface area contributed by atoms with Gasteiger partial charge in [-0.05, 0) is 341 Å². The van der Waals surface area contributed by atoms with Gasteiger partial charge in [-0.1, -0.05) is 256 Å². The highest BCUT2D eigenvalue weighted by atomic mass is 14.9. The molecule has 5 aromatic heterocycles. The van der Waals surface area contributed by atoms with E-state index in [1.54, 1.807) is 11.1 Å². The summed E-state index contributed by atoms with van der Waals surface area (Å²) in [6, 6.07) is 89.1. The third-order valence-electron chi connectivity index (χ3n) is 28.1. The Hall–Kier alpha value is -12.1. The second-order valence-electron chi connectivity index (χ2n) is 40.9. The monoisotopic (exact) mass is 1750 g/mol. The summed E-state index contributed by atoms with van der Waals surface area (Å²) >= 11 is 0. The van der Waals surface area contributed by atoms with Crippen LogP contribution in [-0.2, 0) is 48.1 Å². The minimum absolute atomic E-state index is 0.292. The third-order valence-corrected chi connectivity index (χ3v) is 28.1. The van der Waals surface area contributed by atoms with Crippen molar-refractivity contribution < 1.29 is 22.8 Å². The van der Waals surface area contributed by atoms with Crippen molar-refractivity contribution in [3.8, 4) is 112 Å². The third kappa shape index (κ3) is 23.3. The molecule has 678 valence electrons. The van der Waals surface area contributed by atoms with E-state index in [1.807, 2.05) is 0 Å². The van der Waals surface area contributed by atoms with E-state index in [4.69, 9.17) is 0 Å². The largest absolute Gasteiger partial charge is 0.212 e. The van der Waals surface area contributed by atoms with E-state index in [-0.39, 0.29) is 0 Å². The van der Waals surface area contributed by atoms with Crippen molar-refractivity contribution in [2.75, 3.05) is 0 Å². The van der Waals surface area contributed by atoms with Crippen molar-refractivity contribution in [3.63, 3.8) is 0 Å². The van der Waals surface area contributed by atoms with Crippen LogP contribution in [0.25, 0.3) is 112 Å². The highest BCUT2D eigenvalue weighted by Gasteiger charge is 2.29. The van der Waals surface area contributed by atoms with Crippen LogP contribution >= 0.6 is 0 Å². The van der Waals surface area contributed by atoms with Crippen molar-refractivity contribution in [1.82, 2.24) is 0 Å². The van der Waals surface area contributed by atoms with Gasteiger partial charge in [0.15, 0.2) is 31.0 Å².